The number of Topliss-reactive ketones (excluding diaryl/α,β-unsaturated/α-hetero) is 1. The second-order valence-corrected chi connectivity index (χ2v) is 4.96. The molecule has 0 radical (unpaired) electrons. The molecule has 1 atom stereocenters. The average Bonchev–Trinajstić information content (AvgIpc) is 2.46. The summed E-state index contributed by atoms with van der Waals surface area (Å²) in [6.07, 6.45) is 1.58. The van der Waals surface area contributed by atoms with Crippen LogP contribution in [-0.2, 0) is 0 Å². The van der Waals surface area contributed by atoms with Crippen LogP contribution >= 0.6 is 0 Å². The standard InChI is InChI=1S/C18H20O/c1-3-15(16-10-5-4-6-11-16)13-18(19)17-12-8-7-9-14(17)2/h4-12,15H,3,13H2,1-2H3/t15-/m1/s1. The minimum atomic E-state index is 0.244. The number of ketones is 1. The SMILES string of the molecule is CC[C@H](CC(=O)c1ccccc1C)c1ccccc1. The van der Waals surface area contributed by atoms with Gasteiger partial charge in [0.1, 0.15) is 0 Å². The molecule has 1 heteroatoms. The highest BCUT2D eigenvalue weighted by Gasteiger charge is 2.16. The molecule has 2 rings (SSSR count). The van der Waals surface area contributed by atoms with Crippen molar-refractivity contribution in [3.63, 3.8) is 0 Å². The first-order chi connectivity index (χ1) is 9.22. The third kappa shape index (κ3) is 3.31. The van der Waals surface area contributed by atoms with Crippen LogP contribution in [0.3, 0.4) is 0 Å². The zero-order chi connectivity index (χ0) is 13.7. The van der Waals surface area contributed by atoms with Crippen molar-refractivity contribution < 1.29 is 4.79 Å². The van der Waals surface area contributed by atoms with E-state index in [0.717, 1.165) is 17.5 Å². The molecule has 0 N–H and O–H groups in total. The Hall–Kier alpha value is -1.89. The van der Waals surface area contributed by atoms with Gasteiger partial charge in [-0.15, -0.1) is 0 Å². The summed E-state index contributed by atoms with van der Waals surface area (Å²) >= 11 is 0. The van der Waals surface area contributed by atoms with E-state index in [-0.39, 0.29) is 5.78 Å². The minimum Gasteiger partial charge on any atom is -0.294 e. The Morgan fingerprint density at radius 3 is 2.26 bits per heavy atom. The van der Waals surface area contributed by atoms with E-state index in [9.17, 15) is 4.79 Å². The van der Waals surface area contributed by atoms with Crippen molar-refractivity contribution in [3.8, 4) is 0 Å². The molecule has 0 spiro atoms. The Labute approximate surface area is 115 Å². The van der Waals surface area contributed by atoms with Crippen LogP contribution in [-0.4, -0.2) is 5.78 Å². The van der Waals surface area contributed by atoms with Crippen molar-refractivity contribution in [2.24, 2.45) is 0 Å². The van der Waals surface area contributed by atoms with E-state index in [1.54, 1.807) is 0 Å². The van der Waals surface area contributed by atoms with Crippen molar-refractivity contribution in [1.82, 2.24) is 0 Å². The number of hydrogen-bond acceptors (Lipinski definition) is 1. The second kappa shape index (κ2) is 6.33. The molecule has 0 aliphatic rings. The molecule has 0 saturated carbocycles. The topological polar surface area (TPSA) is 17.1 Å². The smallest absolute Gasteiger partial charge is 0.163 e. The quantitative estimate of drug-likeness (QED) is 0.701. The third-order valence-corrected chi connectivity index (χ3v) is 3.64. The van der Waals surface area contributed by atoms with Gasteiger partial charge in [-0.05, 0) is 30.4 Å². The number of hydrogen-bond donors (Lipinski definition) is 0. The normalized spacial score (nSPS) is 12.1. The van der Waals surface area contributed by atoms with E-state index in [4.69, 9.17) is 0 Å². The van der Waals surface area contributed by atoms with Gasteiger partial charge in [-0.25, -0.2) is 0 Å². The van der Waals surface area contributed by atoms with Crippen LogP contribution in [0, 0.1) is 6.92 Å². The van der Waals surface area contributed by atoms with Crippen LogP contribution in [0.1, 0.15) is 47.2 Å². The fraction of sp³-hybridized carbons (Fsp3) is 0.278. The molecule has 0 amide bonds. The van der Waals surface area contributed by atoms with Crippen LogP contribution < -0.4 is 0 Å². The van der Waals surface area contributed by atoms with Crippen LogP contribution in [0.2, 0.25) is 0 Å². The maximum absolute atomic E-state index is 12.4. The van der Waals surface area contributed by atoms with Gasteiger partial charge in [0.2, 0.25) is 0 Å². The number of carbonyl (C=O) groups excluding carboxylic acids is 1. The molecule has 0 saturated heterocycles. The Morgan fingerprint density at radius 2 is 1.63 bits per heavy atom. The summed E-state index contributed by atoms with van der Waals surface area (Å²) < 4.78 is 0. The van der Waals surface area contributed by atoms with E-state index >= 15 is 0 Å². The summed E-state index contributed by atoms with van der Waals surface area (Å²) in [5.41, 5.74) is 3.18. The molecular weight excluding hydrogens is 232 g/mol. The monoisotopic (exact) mass is 252 g/mol. The van der Waals surface area contributed by atoms with Crippen LogP contribution in [0.4, 0.5) is 0 Å². The number of aryl methyl sites for hydroxylation is 1. The maximum Gasteiger partial charge on any atom is 0.163 e. The first kappa shape index (κ1) is 13.5. The summed E-state index contributed by atoms with van der Waals surface area (Å²) in [5.74, 6) is 0.558. The van der Waals surface area contributed by atoms with Crippen molar-refractivity contribution in [3.05, 3.63) is 71.3 Å². The van der Waals surface area contributed by atoms with E-state index in [0.29, 0.717) is 12.3 Å². The van der Waals surface area contributed by atoms with Crippen molar-refractivity contribution in [2.45, 2.75) is 32.6 Å². The zero-order valence-corrected chi connectivity index (χ0v) is 11.6. The first-order valence-corrected chi connectivity index (χ1v) is 6.86. The van der Waals surface area contributed by atoms with Crippen molar-refractivity contribution in [1.29, 1.82) is 0 Å². The highest BCUT2D eigenvalue weighted by atomic mass is 16.1. The van der Waals surface area contributed by atoms with Gasteiger partial charge in [-0.3, -0.25) is 4.79 Å². The largest absolute Gasteiger partial charge is 0.294 e. The lowest BCUT2D eigenvalue weighted by atomic mass is 9.89. The Balaban J connectivity index is 2.16. The molecule has 2 aromatic carbocycles. The first-order valence-electron chi connectivity index (χ1n) is 6.86. The second-order valence-electron chi connectivity index (χ2n) is 4.96. The summed E-state index contributed by atoms with van der Waals surface area (Å²) in [7, 11) is 0. The fourth-order valence-electron chi connectivity index (χ4n) is 2.44. The number of rotatable bonds is 5. The van der Waals surface area contributed by atoms with E-state index in [2.05, 4.69) is 19.1 Å². The molecule has 0 bridgehead atoms. The fourth-order valence-corrected chi connectivity index (χ4v) is 2.44. The van der Waals surface area contributed by atoms with Gasteiger partial charge < -0.3 is 0 Å². The van der Waals surface area contributed by atoms with Gasteiger partial charge >= 0.3 is 0 Å². The summed E-state index contributed by atoms with van der Waals surface area (Å²) in [5, 5.41) is 0. The minimum absolute atomic E-state index is 0.244. The Morgan fingerprint density at radius 1 is 1.00 bits per heavy atom. The molecule has 98 valence electrons. The van der Waals surface area contributed by atoms with E-state index in [1.807, 2.05) is 49.4 Å². The van der Waals surface area contributed by atoms with E-state index < -0.39 is 0 Å². The van der Waals surface area contributed by atoms with Gasteiger partial charge in [0.25, 0.3) is 0 Å². The van der Waals surface area contributed by atoms with Gasteiger partial charge in [-0.1, -0.05) is 61.5 Å². The number of carbonyl (C=O) groups is 1. The van der Waals surface area contributed by atoms with Gasteiger partial charge in [0.05, 0.1) is 0 Å². The molecule has 0 aromatic heterocycles. The molecular formula is C18H20O. The lowest BCUT2D eigenvalue weighted by Gasteiger charge is -2.15. The van der Waals surface area contributed by atoms with Crippen molar-refractivity contribution in [2.75, 3.05) is 0 Å². The highest BCUT2D eigenvalue weighted by Crippen LogP contribution is 2.25. The summed E-state index contributed by atoms with van der Waals surface area (Å²) in [6.45, 7) is 4.14. The average molecular weight is 252 g/mol. The van der Waals surface area contributed by atoms with Gasteiger partial charge in [-0.2, -0.15) is 0 Å². The number of benzene rings is 2. The van der Waals surface area contributed by atoms with Crippen LogP contribution in [0.25, 0.3) is 0 Å². The van der Waals surface area contributed by atoms with Crippen LogP contribution in [0.15, 0.2) is 54.6 Å². The molecule has 2 aromatic rings. The van der Waals surface area contributed by atoms with Crippen molar-refractivity contribution >= 4 is 5.78 Å². The van der Waals surface area contributed by atoms with Crippen LogP contribution in [0.5, 0.6) is 0 Å². The summed E-state index contributed by atoms with van der Waals surface area (Å²) in [6, 6.07) is 18.1. The lowest BCUT2D eigenvalue weighted by Crippen LogP contribution is -2.08. The molecule has 0 heterocycles. The molecule has 0 aliphatic heterocycles. The molecule has 19 heavy (non-hydrogen) atoms. The zero-order valence-electron chi connectivity index (χ0n) is 11.6. The maximum atomic E-state index is 12.4. The Bertz CT molecular complexity index is 543. The predicted molar refractivity (Wildman–Crippen MR) is 79.6 cm³/mol. The molecule has 0 unspecified atom stereocenters. The Kier molecular flexibility index (Phi) is 4.51. The van der Waals surface area contributed by atoms with Gasteiger partial charge in [0.15, 0.2) is 5.78 Å². The van der Waals surface area contributed by atoms with E-state index in [1.165, 1.54) is 5.56 Å². The van der Waals surface area contributed by atoms with Gasteiger partial charge in [0, 0.05) is 12.0 Å². The molecule has 1 nitrogen and oxygen atoms in total. The highest BCUT2D eigenvalue weighted by molar-refractivity contribution is 5.97. The molecule has 0 fully saturated rings. The predicted octanol–water partition coefficient (Wildman–Crippen LogP) is 4.76. The summed E-state index contributed by atoms with van der Waals surface area (Å²) in [4.78, 5) is 12.4. The molecule has 0 aliphatic carbocycles. The third-order valence-electron chi connectivity index (χ3n) is 3.64. The lowest BCUT2D eigenvalue weighted by molar-refractivity contribution is 0.0972.